The zero-order chi connectivity index (χ0) is 27.1. The molecule has 38 heavy (non-hydrogen) atoms. The van der Waals surface area contributed by atoms with Crippen LogP contribution in [-0.4, -0.2) is 41.9 Å². The summed E-state index contributed by atoms with van der Waals surface area (Å²) in [6.07, 6.45) is 1.43. The van der Waals surface area contributed by atoms with E-state index < -0.39 is 12.6 Å². The molecule has 9 nitrogen and oxygen atoms in total. The van der Waals surface area contributed by atoms with E-state index in [0.29, 0.717) is 26.4 Å². The van der Waals surface area contributed by atoms with Crippen molar-refractivity contribution in [2.24, 2.45) is 5.10 Å². The summed E-state index contributed by atoms with van der Waals surface area (Å²) in [6, 6.07) is 17.6. The standard InChI is InChI=1S/C26H20BrClN4O5S/c1-36-22-10-17(20(27)11-23(22)37-13-24(33)34)12-29-32-25(35)16-4-2-15(3-5-16)21-14-38-26(31-21)30-19-8-6-18(28)7-9-19/h2-12,14H,13H2,1H3,(H,30,31)(H,32,35)(H,33,34)/b29-12-. The second-order valence-electron chi connectivity index (χ2n) is 7.65. The van der Waals surface area contributed by atoms with Crippen molar-refractivity contribution in [2.45, 2.75) is 0 Å². The molecule has 0 radical (unpaired) electrons. The fourth-order valence-electron chi connectivity index (χ4n) is 3.20. The van der Waals surface area contributed by atoms with Gasteiger partial charge in [-0.25, -0.2) is 15.2 Å². The van der Waals surface area contributed by atoms with Crippen molar-refractivity contribution in [2.75, 3.05) is 19.0 Å². The summed E-state index contributed by atoms with van der Waals surface area (Å²) in [4.78, 5) is 27.9. The molecule has 0 unspecified atom stereocenters. The van der Waals surface area contributed by atoms with E-state index in [-0.39, 0.29) is 11.7 Å². The molecule has 1 amide bonds. The van der Waals surface area contributed by atoms with Gasteiger partial charge in [-0.15, -0.1) is 11.3 Å². The molecule has 0 atom stereocenters. The van der Waals surface area contributed by atoms with Gasteiger partial charge in [-0.3, -0.25) is 4.79 Å². The third-order valence-electron chi connectivity index (χ3n) is 5.05. The van der Waals surface area contributed by atoms with Crippen molar-refractivity contribution in [1.82, 2.24) is 10.4 Å². The predicted octanol–water partition coefficient (Wildman–Crippen LogP) is 6.21. The molecule has 1 aromatic heterocycles. The third kappa shape index (κ3) is 7.09. The molecule has 194 valence electrons. The van der Waals surface area contributed by atoms with Crippen LogP contribution < -0.4 is 20.2 Å². The highest BCUT2D eigenvalue weighted by molar-refractivity contribution is 9.10. The average Bonchev–Trinajstić information content (AvgIpc) is 3.38. The number of methoxy groups -OCH3 is 1. The smallest absolute Gasteiger partial charge is 0.341 e. The van der Waals surface area contributed by atoms with Gasteiger partial charge in [0, 0.05) is 37.3 Å². The Hall–Kier alpha value is -3.93. The van der Waals surface area contributed by atoms with Crippen LogP contribution in [0, 0.1) is 0 Å². The molecule has 0 saturated carbocycles. The van der Waals surface area contributed by atoms with Crippen LogP contribution in [-0.2, 0) is 4.79 Å². The lowest BCUT2D eigenvalue weighted by Crippen LogP contribution is -2.17. The number of benzene rings is 3. The molecule has 0 bridgehead atoms. The maximum atomic E-state index is 12.6. The largest absolute Gasteiger partial charge is 0.493 e. The second kappa shape index (κ2) is 12.5. The molecule has 0 saturated heterocycles. The van der Waals surface area contributed by atoms with E-state index in [1.807, 2.05) is 29.6 Å². The maximum absolute atomic E-state index is 12.6. The van der Waals surface area contributed by atoms with E-state index in [0.717, 1.165) is 22.1 Å². The van der Waals surface area contributed by atoms with Crippen LogP contribution in [0.5, 0.6) is 11.5 Å². The monoisotopic (exact) mass is 614 g/mol. The van der Waals surface area contributed by atoms with Gasteiger partial charge in [-0.05, 0) is 64.5 Å². The Bertz CT molecular complexity index is 1480. The Labute approximate surface area is 235 Å². The minimum absolute atomic E-state index is 0.260. The van der Waals surface area contributed by atoms with Gasteiger partial charge in [-0.1, -0.05) is 23.7 Å². The predicted molar refractivity (Wildman–Crippen MR) is 151 cm³/mol. The number of halogens is 2. The number of aliphatic carboxylic acids is 1. The van der Waals surface area contributed by atoms with Crippen molar-refractivity contribution in [3.8, 4) is 22.8 Å². The first-order valence-corrected chi connectivity index (χ1v) is 13.0. The number of hydrogen-bond donors (Lipinski definition) is 3. The number of thiazole rings is 1. The van der Waals surface area contributed by atoms with Crippen LogP contribution in [0.2, 0.25) is 5.02 Å². The lowest BCUT2D eigenvalue weighted by Gasteiger charge is -2.11. The molecular formula is C26H20BrClN4O5S. The maximum Gasteiger partial charge on any atom is 0.341 e. The van der Waals surface area contributed by atoms with E-state index in [2.05, 4.69) is 36.8 Å². The van der Waals surface area contributed by atoms with Crippen LogP contribution in [0.4, 0.5) is 10.8 Å². The number of ether oxygens (including phenoxy) is 2. The van der Waals surface area contributed by atoms with Crippen LogP contribution in [0.25, 0.3) is 11.3 Å². The van der Waals surface area contributed by atoms with Gasteiger partial charge in [0.2, 0.25) is 0 Å². The number of carbonyl (C=O) groups is 2. The lowest BCUT2D eigenvalue weighted by molar-refractivity contribution is -0.139. The molecule has 1 heterocycles. The zero-order valence-corrected chi connectivity index (χ0v) is 22.9. The molecule has 4 rings (SSSR count). The van der Waals surface area contributed by atoms with Gasteiger partial charge in [0.15, 0.2) is 23.2 Å². The van der Waals surface area contributed by atoms with Crippen LogP contribution >= 0.6 is 38.9 Å². The summed E-state index contributed by atoms with van der Waals surface area (Å²) in [7, 11) is 1.44. The van der Waals surface area contributed by atoms with Gasteiger partial charge in [-0.2, -0.15) is 5.10 Å². The number of amides is 1. The number of hydrazone groups is 1. The van der Waals surface area contributed by atoms with E-state index in [9.17, 15) is 9.59 Å². The minimum Gasteiger partial charge on any atom is -0.493 e. The quantitative estimate of drug-likeness (QED) is 0.143. The molecule has 3 N–H and O–H groups in total. The number of carboxylic acids is 1. The number of nitrogens with one attached hydrogen (secondary N) is 2. The molecule has 12 heteroatoms. The third-order valence-corrected chi connectivity index (χ3v) is 6.74. The van der Waals surface area contributed by atoms with Gasteiger partial charge in [0.25, 0.3) is 5.91 Å². The average molecular weight is 616 g/mol. The Morgan fingerprint density at radius 1 is 1.13 bits per heavy atom. The van der Waals surface area contributed by atoms with Crippen molar-refractivity contribution < 1.29 is 24.2 Å². The number of carboxylic acid groups (broad SMARTS) is 1. The first-order chi connectivity index (χ1) is 18.3. The molecule has 0 aliphatic carbocycles. The first-order valence-electron chi connectivity index (χ1n) is 11.0. The van der Waals surface area contributed by atoms with Crippen molar-refractivity contribution in [3.63, 3.8) is 0 Å². The van der Waals surface area contributed by atoms with Crippen LogP contribution in [0.1, 0.15) is 15.9 Å². The normalized spacial score (nSPS) is 10.8. The Morgan fingerprint density at radius 2 is 1.87 bits per heavy atom. The topological polar surface area (TPSA) is 122 Å². The number of hydrogen-bond acceptors (Lipinski definition) is 8. The molecular weight excluding hydrogens is 596 g/mol. The van der Waals surface area contributed by atoms with E-state index >= 15 is 0 Å². The molecule has 3 aromatic carbocycles. The highest BCUT2D eigenvalue weighted by Gasteiger charge is 2.12. The molecule has 0 spiro atoms. The number of carbonyl (C=O) groups excluding carboxylic acids is 1. The molecule has 0 aliphatic rings. The first kappa shape index (κ1) is 27.1. The van der Waals surface area contributed by atoms with Crippen molar-refractivity contribution in [3.05, 3.63) is 86.7 Å². The van der Waals surface area contributed by atoms with Crippen molar-refractivity contribution >= 4 is 67.8 Å². The molecule has 4 aromatic rings. The van der Waals surface area contributed by atoms with Gasteiger partial charge >= 0.3 is 5.97 Å². The SMILES string of the molecule is COc1cc(/C=N\NC(=O)c2ccc(-c3csc(Nc4ccc(Cl)cc4)n3)cc2)c(Br)cc1OCC(=O)O. The minimum atomic E-state index is -1.10. The summed E-state index contributed by atoms with van der Waals surface area (Å²) in [5.74, 6) is -0.907. The van der Waals surface area contributed by atoms with E-state index in [1.165, 1.54) is 24.7 Å². The molecule has 0 fully saturated rings. The highest BCUT2D eigenvalue weighted by atomic mass is 79.9. The fourth-order valence-corrected chi connectivity index (χ4v) is 4.49. The Kier molecular flexibility index (Phi) is 8.95. The number of nitrogens with zero attached hydrogens (tertiary/aromatic N) is 2. The number of aromatic nitrogens is 1. The fraction of sp³-hybridized carbons (Fsp3) is 0.0769. The summed E-state index contributed by atoms with van der Waals surface area (Å²) in [5, 5.41) is 19.4. The summed E-state index contributed by atoms with van der Waals surface area (Å²) < 4.78 is 11.0. The van der Waals surface area contributed by atoms with E-state index in [1.54, 1.807) is 36.4 Å². The summed E-state index contributed by atoms with van der Waals surface area (Å²) in [6.45, 7) is -0.505. The van der Waals surface area contributed by atoms with E-state index in [4.69, 9.17) is 26.2 Å². The van der Waals surface area contributed by atoms with Crippen LogP contribution in [0.3, 0.4) is 0 Å². The Balaban J connectivity index is 1.37. The number of anilines is 2. The lowest BCUT2D eigenvalue weighted by atomic mass is 10.1. The zero-order valence-electron chi connectivity index (χ0n) is 19.8. The van der Waals surface area contributed by atoms with Gasteiger partial charge in [0.1, 0.15) is 0 Å². The summed E-state index contributed by atoms with van der Waals surface area (Å²) >= 11 is 10.8. The van der Waals surface area contributed by atoms with Crippen molar-refractivity contribution in [1.29, 1.82) is 0 Å². The highest BCUT2D eigenvalue weighted by Crippen LogP contribution is 2.33. The number of rotatable bonds is 10. The van der Waals surface area contributed by atoms with Gasteiger partial charge in [0.05, 0.1) is 19.0 Å². The Morgan fingerprint density at radius 3 is 2.55 bits per heavy atom. The molecule has 0 aliphatic heterocycles. The second-order valence-corrected chi connectivity index (χ2v) is 9.80. The summed E-state index contributed by atoms with van der Waals surface area (Å²) in [5.41, 5.74) is 6.04. The van der Waals surface area contributed by atoms with Gasteiger partial charge < -0.3 is 19.9 Å². The van der Waals surface area contributed by atoms with Crippen LogP contribution in [0.15, 0.2) is 75.6 Å².